The average molecular weight is 342 g/mol. The number of hydrogen-bond acceptors (Lipinski definition) is 3. The first-order valence-corrected chi connectivity index (χ1v) is 9.11. The third-order valence-electron chi connectivity index (χ3n) is 4.02. The molecule has 1 heterocycles. The first kappa shape index (κ1) is 16.5. The minimum absolute atomic E-state index is 0.0294. The molecule has 1 amide bonds. The van der Waals surface area contributed by atoms with Crippen molar-refractivity contribution in [2.75, 3.05) is 18.4 Å². The molecule has 126 valence electrons. The Morgan fingerprint density at radius 2 is 2.12 bits per heavy atom. The Bertz CT molecular complexity index is 725. The Balaban J connectivity index is 1.39. The van der Waals surface area contributed by atoms with E-state index in [1.807, 2.05) is 23.6 Å². The summed E-state index contributed by atoms with van der Waals surface area (Å²) < 4.78 is 0. The monoisotopic (exact) mass is 342 g/mol. The smallest absolute Gasteiger partial charge is 0.261 e. The number of fused-ring (bicyclic) bond motifs is 1. The minimum atomic E-state index is -0.0294. The van der Waals surface area contributed by atoms with Crippen molar-refractivity contribution in [3.63, 3.8) is 0 Å². The molecule has 24 heavy (non-hydrogen) atoms. The fourth-order valence-corrected chi connectivity index (χ4v) is 3.45. The van der Waals surface area contributed by atoms with Gasteiger partial charge in [0, 0.05) is 18.8 Å². The third kappa shape index (κ3) is 4.35. The maximum atomic E-state index is 11.8. The summed E-state index contributed by atoms with van der Waals surface area (Å²) in [7, 11) is 0. The van der Waals surface area contributed by atoms with Gasteiger partial charge >= 0.3 is 0 Å². The molecule has 1 aromatic carbocycles. The lowest BCUT2D eigenvalue weighted by Gasteiger charge is -2.08. The van der Waals surface area contributed by atoms with Crippen LogP contribution >= 0.6 is 11.3 Å². The van der Waals surface area contributed by atoms with Crippen LogP contribution in [0.4, 0.5) is 5.69 Å². The third-order valence-corrected chi connectivity index (χ3v) is 4.89. The maximum Gasteiger partial charge on any atom is 0.261 e. The van der Waals surface area contributed by atoms with E-state index in [0.29, 0.717) is 19.0 Å². The summed E-state index contributed by atoms with van der Waals surface area (Å²) in [5.74, 6) is 0.385. The Kier molecular flexibility index (Phi) is 5.48. The number of carbonyl (C=O) groups is 1. The van der Waals surface area contributed by atoms with E-state index in [4.69, 9.17) is 5.73 Å². The van der Waals surface area contributed by atoms with Crippen molar-refractivity contribution < 1.29 is 4.79 Å². The second-order valence-corrected chi connectivity index (χ2v) is 6.76. The molecule has 0 bridgehead atoms. The van der Waals surface area contributed by atoms with Gasteiger partial charge in [-0.05, 0) is 60.4 Å². The van der Waals surface area contributed by atoms with Gasteiger partial charge in [-0.2, -0.15) is 0 Å². The molecule has 3 rings (SSSR count). The van der Waals surface area contributed by atoms with E-state index < -0.39 is 0 Å². The van der Waals surface area contributed by atoms with E-state index in [1.165, 1.54) is 35.3 Å². The number of thiophene rings is 1. The number of rotatable bonds is 6. The van der Waals surface area contributed by atoms with Crippen LogP contribution in [0.2, 0.25) is 0 Å². The Morgan fingerprint density at radius 1 is 1.25 bits per heavy atom. The largest absolute Gasteiger partial charge is 0.370 e. The number of amides is 1. The van der Waals surface area contributed by atoms with Crippen LogP contribution in [-0.2, 0) is 12.8 Å². The molecule has 6 heteroatoms. The number of anilines is 1. The van der Waals surface area contributed by atoms with Gasteiger partial charge in [0.25, 0.3) is 5.91 Å². The van der Waals surface area contributed by atoms with Gasteiger partial charge in [-0.25, -0.2) is 0 Å². The van der Waals surface area contributed by atoms with E-state index in [2.05, 4.69) is 27.8 Å². The number of hydrogen-bond donors (Lipinski definition) is 3. The standard InChI is InChI=1S/C18H22N4OS/c19-18(22-15-8-7-13-4-1-5-14(13)12-15)21-10-3-9-20-17(23)16-6-2-11-24-16/h2,6-8,11-12H,1,3-5,9-10H2,(H,20,23)(H3,19,21,22). The SMILES string of the molecule is NC(=NCCCNC(=O)c1cccs1)Nc1ccc2c(c1)CCC2. The van der Waals surface area contributed by atoms with Gasteiger partial charge in [-0.15, -0.1) is 11.3 Å². The fraction of sp³-hybridized carbons (Fsp3) is 0.333. The van der Waals surface area contributed by atoms with E-state index in [9.17, 15) is 4.79 Å². The highest BCUT2D eigenvalue weighted by atomic mass is 32.1. The first-order valence-electron chi connectivity index (χ1n) is 8.23. The van der Waals surface area contributed by atoms with Crippen molar-refractivity contribution in [2.45, 2.75) is 25.7 Å². The minimum Gasteiger partial charge on any atom is -0.370 e. The van der Waals surface area contributed by atoms with Crippen LogP contribution in [0.5, 0.6) is 0 Å². The van der Waals surface area contributed by atoms with Crippen LogP contribution in [0.1, 0.15) is 33.6 Å². The number of nitrogens with one attached hydrogen (secondary N) is 2. The van der Waals surface area contributed by atoms with Crippen LogP contribution in [0, 0.1) is 0 Å². The molecule has 0 unspecified atom stereocenters. The summed E-state index contributed by atoms with van der Waals surface area (Å²) in [5.41, 5.74) is 9.76. The fourth-order valence-electron chi connectivity index (χ4n) is 2.81. The summed E-state index contributed by atoms with van der Waals surface area (Å²) in [6.07, 6.45) is 4.31. The molecule has 0 atom stereocenters. The molecule has 5 nitrogen and oxygen atoms in total. The molecule has 0 radical (unpaired) electrons. The van der Waals surface area contributed by atoms with Gasteiger partial charge in [0.05, 0.1) is 4.88 Å². The average Bonchev–Trinajstić information content (AvgIpc) is 3.25. The van der Waals surface area contributed by atoms with Gasteiger partial charge in [-0.3, -0.25) is 9.79 Å². The number of nitrogens with zero attached hydrogens (tertiary/aromatic N) is 1. The second kappa shape index (κ2) is 7.97. The molecule has 2 aromatic rings. The van der Waals surface area contributed by atoms with Gasteiger partial charge in [0.15, 0.2) is 5.96 Å². The van der Waals surface area contributed by atoms with Crippen LogP contribution < -0.4 is 16.4 Å². The van der Waals surface area contributed by atoms with Gasteiger partial charge in [0.2, 0.25) is 0 Å². The topological polar surface area (TPSA) is 79.5 Å². The lowest BCUT2D eigenvalue weighted by molar-refractivity contribution is 0.0957. The molecule has 4 N–H and O–H groups in total. The Labute approximate surface area is 146 Å². The number of benzene rings is 1. The van der Waals surface area contributed by atoms with Crippen molar-refractivity contribution in [1.82, 2.24) is 5.32 Å². The quantitative estimate of drug-likeness (QED) is 0.429. The lowest BCUT2D eigenvalue weighted by Crippen LogP contribution is -2.25. The molecule has 1 aliphatic carbocycles. The number of aliphatic imine (C=N–C) groups is 1. The molecule has 1 aliphatic rings. The molecule has 0 spiro atoms. The zero-order chi connectivity index (χ0) is 16.8. The zero-order valence-electron chi connectivity index (χ0n) is 13.5. The lowest BCUT2D eigenvalue weighted by atomic mass is 10.1. The molecule has 1 aromatic heterocycles. The summed E-state index contributed by atoms with van der Waals surface area (Å²) in [6, 6.07) is 10.1. The van der Waals surface area contributed by atoms with E-state index in [1.54, 1.807) is 0 Å². The van der Waals surface area contributed by atoms with Crippen molar-refractivity contribution in [3.05, 3.63) is 51.7 Å². The maximum absolute atomic E-state index is 11.8. The molecular formula is C18H22N4OS. The highest BCUT2D eigenvalue weighted by Gasteiger charge is 2.10. The van der Waals surface area contributed by atoms with Crippen molar-refractivity contribution >= 4 is 28.9 Å². The number of aryl methyl sites for hydroxylation is 2. The van der Waals surface area contributed by atoms with Crippen LogP contribution in [0.15, 0.2) is 40.7 Å². The van der Waals surface area contributed by atoms with Crippen molar-refractivity contribution in [3.8, 4) is 0 Å². The van der Waals surface area contributed by atoms with E-state index in [0.717, 1.165) is 23.4 Å². The Morgan fingerprint density at radius 3 is 2.96 bits per heavy atom. The second-order valence-electron chi connectivity index (χ2n) is 5.82. The predicted octanol–water partition coefficient (Wildman–Crippen LogP) is 2.78. The summed E-state index contributed by atoms with van der Waals surface area (Å²) in [4.78, 5) is 16.8. The van der Waals surface area contributed by atoms with Crippen LogP contribution in [0.25, 0.3) is 0 Å². The molecular weight excluding hydrogens is 320 g/mol. The van der Waals surface area contributed by atoms with Crippen molar-refractivity contribution in [2.24, 2.45) is 10.7 Å². The van der Waals surface area contributed by atoms with E-state index in [-0.39, 0.29) is 5.91 Å². The predicted molar refractivity (Wildman–Crippen MR) is 99.8 cm³/mol. The normalized spacial score (nSPS) is 13.6. The summed E-state index contributed by atoms with van der Waals surface area (Å²) in [5, 5.41) is 7.91. The number of nitrogens with two attached hydrogens (primary N) is 1. The highest BCUT2D eigenvalue weighted by Crippen LogP contribution is 2.24. The first-order chi connectivity index (χ1) is 11.7. The highest BCUT2D eigenvalue weighted by molar-refractivity contribution is 7.12. The summed E-state index contributed by atoms with van der Waals surface area (Å²) in [6.45, 7) is 1.17. The van der Waals surface area contributed by atoms with Gasteiger partial charge < -0.3 is 16.4 Å². The van der Waals surface area contributed by atoms with Gasteiger partial charge in [0.1, 0.15) is 0 Å². The number of carbonyl (C=O) groups excluding carboxylic acids is 1. The van der Waals surface area contributed by atoms with Crippen LogP contribution in [-0.4, -0.2) is 25.0 Å². The molecule has 0 fully saturated rings. The Hall–Kier alpha value is -2.34. The summed E-state index contributed by atoms with van der Waals surface area (Å²) >= 11 is 1.44. The zero-order valence-corrected chi connectivity index (χ0v) is 14.4. The van der Waals surface area contributed by atoms with Gasteiger partial charge in [-0.1, -0.05) is 12.1 Å². The van der Waals surface area contributed by atoms with E-state index >= 15 is 0 Å². The molecule has 0 saturated carbocycles. The van der Waals surface area contributed by atoms with Crippen LogP contribution in [0.3, 0.4) is 0 Å². The molecule has 0 aliphatic heterocycles. The van der Waals surface area contributed by atoms with Crippen molar-refractivity contribution in [1.29, 1.82) is 0 Å². The molecule has 0 saturated heterocycles. The number of guanidine groups is 1.